The third-order valence-corrected chi connectivity index (χ3v) is 4.97. The van der Waals surface area contributed by atoms with Crippen LogP contribution in [0.15, 0.2) is 0 Å². The number of carbonyl (C=O) groups is 2. The fourth-order valence-electron chi connectivity index (χ4n) is 2.61. The summed E-state index contributed by atoms with van der Waals surface area (Å²) in [4.78, 5) is 26.6. The Labute approximate surface area is 131 Å². The summed E-state index contributed by atoms with van der Waals surface area (Å²) >= 11 is 1.64. The normalized spacial score (nSPS) is 24.0. The second kappa shape index (κ2) is 6.57. The summed E-state index contributed by atoms with van der Waals surface area (Å²) in [5, 5.41) is 3.05. The van der Waals surface area contributed by atoms with Gasteiger partial charge in [-0.3, -0.25) is 9.59 Å². The molecule has 120 valence electrons. The molecule has 0 bridgehead atoms. The molecule has 2 unspecified atom stereocenters. The van der Waals surface area contributed by atoms with Crippen molar-refractivity contribution in [2.45, 2.75) is 52.1 Å². The van der Waals surface area contributed by atoms with Crippen molar-refractivity contribution in [2.75, 3.05) is 18.2 Å². The Balaban J connectivity index is 1.94. The molecule has 2 fully saturated rings. The lowest BCUT2D eigenvalue weighted by Gasteiger charge is -2.28. The standard InChI is InChI=1S/C15H27N3O2S/c1-15(2,3)6-13(19)18-9-21-8-12(18)14(20)17-11(7-16)10-4-5-10/h10-12H,4-9,16H2,1-3H3,(H,17,20). The summed E-state index contributed by atoms with van der Waals surface area (Å²) in [6.45, 7) is 6.61. The molecule has 0 aromatic carbocycles. The minimum Gasteiger partial charge on any atom is -0.350 e. The minimum atomic E-state index is -0.336. The molecular formula is C15H27N3O2S. The minimum absolute atomic E-state index is 0.0374. The van der Waals surface area contributed by atoms with Gasteiger partial charge in [0.1, 0.15) is 6.04 Å². The Morgan fingerprint density at radius 1 is 1.38 bits per heavy atom. The molecule has 21 heavy (non-hydrogen) atoms. The molecular weight excluding hydrogens is 286 g/mol. The Kier molecular flexibility index (Phi) is 5.20. The van der Waals surface area contributed by atoms with Gasteiger partial charge < -0.3 is 16.0 Å². The van der Waals surface area contributed by atoms with Crippen LogP contribution in [0.4, 0.5) is 0 Å². The number of amides is 2. The number of nitrogens with one attached hydrogen (secondary N) is 1. The summed E-state index contributed by atoms with van der Waals surface area (Å²) in [5.41, 5.74) is 5.68. The third kappa shape index (κ3) is 4.61. The Hall–Kier alpha value is -0.750. The molecule has 5 nitrogen and oxygen atoms in total. The Morgan fingerprint density at radius 2 is 2.05 bits per heavy atom. The summed E-state index contributed by atoms with van der Waals surface area (Å²) < 4.78 is 0. The van der Waals surface area contributed by atoms with Crippen molar-refractivity contribution < 1.29 is 9.59 Å². The first-order valence-electron chi connectivity index (χ1n) is 7.69. The number of carbonyl (C=O) groups excluding carboxylic acids is 2. The SMILES string of the molecule is CC(C)(C)CC(=O)N1CSCC1C(=O)NC(CN)C1CC1. The van der Waals surface area contributed by atoms with Gasteiger partial charge in [0.2, 0.25) is 11.8 Å². The van der Waals surface area contributed by atoms with Crippen LogP contribution in [0.1, 0.15) is 40.0 Å². The number of hydrogen-bond acceptors (Lipinski definition) is 4. The van der Waals surface area contributed by atoms with Crippen LogP contribution < -0.4 is 11.1 Å². The highest BCUT2D eigenvalue weighted by molar-refractivity contribution is 7.99. The highest BCUT2D eigenvalue weighted by atomic mass is 32.2. The quantitative estimate of drug-likeness (QED) is 0.799. The number of rotatable bonds is 5. The van der Waals surface area contributed by atoms with Crippen molar-refractivity contribution in [2.24, 2.45) is 17.1 Å². The number of thioether (sulfide) groups is 1. The zero-order chi connectivity index (χ0) is 15.6. The summed E-state index contributed by atoms with van der Waals surface area (Å²) in [5.74, 6) is 1.87. The lowest BCUT2D eigenvalue weighted by Crippen LogP contribution is -2.52. The summed E-state index contributed by atoms with van der Waals surface area (Å²) in [7, 11) is 0. The molecule has 3 N–H and O–H groups in total. The van der Waals surface area contributed by atoms with Crippen molar-refractivity contribution in [3.63, 3.8) is 0 Å². The van der Waals surface area contributed by atoms with E-state index in [1.165, 1.54) is 0 Å². The zero-order valence-electron chi connectivity index (χ0n) is 13.2. The van der Waals surface area contributed by atoms with E-state index in [-0.39, 0.29) is 29.3 Å². The van der Waals surface area contributed by atoms with Gasteiger partial charge in [-0.25, -0.2) is 0 Å². The van der Waals surface area contributed by atoms with Crippen LogP contribution in [0.3, 0.4) is 0 Å². The zero-order valence-corrected chi connectivity index (χ0v) is 14.0. The lowest BCUT2D eigenvalue weighted by molar-refractivity contribution is -0.139. The van der Waals surface area contributed by atoms with E-state index in [1.54, 1.807) is 16.7 Å². The highest BCUT2D eigenvalue weighted by Crippen LogP contribution is 2.32. The molecule has 1 heterocycles. The molecule has 0 radical (unpaired) electrons. The van der Waals surface area contributed by atoms with Crippen molar-refractivity contribution in [1.29, 1.82) is 0 Å². The molecule has 1 saturated heterocycles. The van der Waals surface area contributed by atoms with Gasteiger partial charge in [-0.2, -0.15) is 0 Å². The molecule has 2 rings (SSSR count). The predicted molar refractivity (Wildman–Crippen MR) is 85.7 cm³/mol. The van der Waals surface area contributed by atoms with Gasteiger partial charge in [-0.05, 0) is 24.2 Å². The van der Waals surface area contributed by atoms with Gasteiger partial charge in [0, 0.05) is 24.8 Å². The molecule has 1 saturated carbocycles. The van der Waals surface area contributed by atoms with E-state index in [0.29, 0.717) is 30.5 Å². The summed E-state index contributed by atoms with van der Waals surface area (Å²) in [6.07, 6.45) is 2.77. The maximum Gasteiger partial charge on any atom is 0.243 e. The molecule has 0 spiro atoms. The molecule has 0 aromatic heterocycles. The van der Waals surface area contributed by atoms with E-state index in [0.717, 1.165) is 12.8 Å². The number of nitrogens with zero attached hydrogens (tertiary/aromatic N) is 1. The second-order valence-electron chi connectivity index (χ2n) is 7.30. The number of nitrogens with two attached hydrogens (primary N) is 1. The van der Waals surface area contributed by atoms with Crippen LogP contribution in [0.2, 0.25) is 0 Å². The Morgan fingerprint density at radius 3 is 2.57 bits per heavy atom. The van der Waals surface area contributed by atoms with Crippen LogP contribution in [-0.4, -0.2) is 47.0 Å². The van der Waals surface area contributed by atoms with Crippen molar-refractivity contribution in [1.82, 2.24) is 10.2 Å². The van der Waals surface area contributed by atoms with E-state index in [1.807, 2.05) is 20.8 Å². The first-order chi connectivity index (χ1) is 9.81. The second-order valence-corrected chi connectivity index (χ2v) is 8.30. The van der Waals surface area contributed by atoms with Crippen LogP contribution >= 0.6 is 11.8 Å². The average Bonchev–Trinajstić information content (AvgIpc) is 3.09. The lowest BCUT2D eigenvalue weighted by atomic mass is 9.91. The first-order valence-corrected chi connectivity index (χ1v) is 8.85. The molecule has 0 aromatic rings. The van der Waals surface area contributed by atoms with Gasteiger partial charge in [-0.1, -0.05) is 20.8 Å². The highest BCUT2D eigenvalue weighted by Gasteiger charge is 2.38. The first kappa shape index (κ1) is 16.6. The van der Waals surface area contributed by atoms with E-state index >= 15 is 0 Å². The topological polar surface area (TPSA) is 75.4 Å². The van der Waals surface area contributed by atoms with Gasteiger partial charge >= 0.3 is 0 Å². The Bertz CT molecular complexity index is 404. The maximum atomic E-state index is 12.5. The van der Waals surface area contributed by atoms with Crippen LogP contribution in [0.25, 0.3) is 0 Å². The van der Waals surface area contributed by atoms with Crippen molar-refractivity contribution in [3.05, 3.63) is 0 Å². The van der Waals surface area contributed by atoms with Gasteiger partial charge in [0.15, 0.2) is 0 Å². The monoisotopic (exact) mass is 313 g/mol. The van der Waals surface area contributed by atoms with E-state index < -0.39 is 0 Å². The fraction of sp³-hybridized carbons (Fsp3) is 0.867. The van der Waals surface area contributed by atoms with E-state index in [9.17, 15) is 9.59 Å². The fourth-order valence-corrected chi connectivity index (χ4v) is 3.79. The van der Waals surface area contributed by atoms with Crippen molar-refractivity contribution in [3.8, 4) is 0 Å². The maximum absolute atomic E-state index is 12.5. The molecule has 2 amide bonds. The van der Waals surface area contributed by atoms with Gasteiger partial charge in [0.25, 0.3) is 0 Å². The molecule has 1 aliphatic carbocycles. The van der Waals surface area contributed by atoms with E-state index in [2.05, 4.69) is 5.32 Å². The van der Waals surface area contributed by atoms with Gasteiger partial charge in [0.05, 0.1) is 5.88 Å². The predicted octanol–water partition coefficient (Wildman–Crippen LogP) is 1.18. The van der Waals surface area contributed by atoms with Crippen molar-refractivity contribution >= 4 is 23.6 Å². The van der Waals surface area contributed by atoms with Gasteiger partial charge in [-0.15, -0.1) is 11.8 Å². The van der Waals surface area contributed by atoms with Crippen LogP contribution in [0, 0.1) is 11.3 Å². The van der Waals surface area contributed by atoms with E-state index in [4.69, 9.17) is 5.73 Å². The third-order valence-electron chi connectivity index (χ3n) is 3.96. The largest absolute Gasteiger partial charge is 0.350 e. The van der Waals surface area contributed by atoms with Crippen LogP contribution in [-0.2, 0) is 9.59 Å². The average molecular weight is 313 g/mol. The molecule has 6 heteroatoms. The smallest absolute Gasteiger partial charge is 0.243 e. The molecule has 1 aliphatic heterocycles. The molecule has 2 atom stereocenters. The molecule has 2 aliphatic rings. The summed E-state index contributed by atoms with van der Waals surface area (Å²) in [6, 6.07) is -0.264. The van der Waals surface area contributed by atoms with Crippen LogP contribution in [0.5, 0.6) is 0 Å². The number of hydrogen-bond donors (Lipinski definition) is 2.